The summed E-state index contributed by atoms with van der Waals surface area (Å²) < 4.78 is 43.8. The number of carbonyl (C=O) groups excluding carboxylic acids is 2. The van der Waals surface area contributed by atoms with Crippen LogP contribution in [0.3, 0.4) is 0 Å². The molecule has 8 nitrogen and oxygen atoms in total. The Balaban J connectivity index is 1.86. The second-order valence-corrected chi connectivity index (χ2v) is 7.36. The van der Waals surface area contributed by atoms with Crippen molar-refractivity contribution < 1.29 is 27.1 Å². The molecule has 0 saturated heterocycles. The highest BCUT2D eigenvalue weighted by atomic mass is 32.2. The molecular formula is C18H16FN3O5S. The van der Waals surface area contributed by atoms with Crippen LogP contribution >= 0.6 is 0 Å². The first kappa shape index (κ1) is 21.0. The van der Waals surface area contributed by atoms with Crippen molar-refractivity contribution in [3.05, 3.63) is 59.9 Å². The van der Waals surface area contributed by atoms with Crippen LogP contribution in [-0.2, 0) is 24.3 Å². The third-order valence-electron chi connectivity index (χ3n) is 3.49. The van der Waals surface area contributed by atoms with Gasteiger partial charge in [0.2, 0.25) is 10.0 Å². The lowest BCUT2D eigenvalue weighted by Gasteiger charge is -2.14. The molecule has 2 N–H and O–H groups in total. The van der Waals surface area contributed by atoms with Crippen molar-refractivity contribution in [2.24, 2.45) is 0 Å². The summed E-state index contributed by atoms with van der Waals surface area (Å²) in [5.41, 5.74) is 0.829. The van der Waals surface area contributed by atoms with Crippen LogP contribution in [-0.4, -0.2) is 32.9 Å². The average molecular weight is 405 g/mol. The average Bonchev–Trinajstić information content (AvgIpc) is 2.67. The lowest BCUT2D eigenvalue weighted by atomic mass is 10.2. The topological polar surface area (TPSA) is 125 Å². The summed E-state index contributed by atoms with van der Waals surface area (Å²) in [5.74, 6) is -2.19. The second-order valence-electron chi connectivity index (χ2n) is 5.59. The number of sulfonamides is 1. The van der Waals surface area contributed by atoms with Gasteiger partial charge < -0.3 is 10.1 Å². The number of benzene rings is 2. The fourth-order valence-electron chi connectivity index (χ4n) is 2.02. The Morgan fingerprint density at radius 3 is 2.32 bits per heavy atom. The van der Waals surface area contributed by atoms with Crippen molar-refractivity contribution in [3.63, 3.8) is 0 Å². The minimum Gasteiger partial charge on any atom is -0.452 e. The lowest BCUT2D eigenvalue weighted by Crippen LogP contribution is -2.35. The van der Waals surface area contributed by atoms with Gasteiger partial charge in [0.1, 0.15) is 12.4 Å². The Labute approximate surface area is 161 Å². The number of esters is 1. The maximum atomic E-state index is 12.9. The molecule has 0 radical (unpaired) electrons. The van der Waals surface area contributed by atoms with Gasteiger partial charge in [-0.2, -0.15) is 9.98 Å². The van der Waals surface area contributed by atoms with Crippen molar-refractivity contribution in [1.29, 1.82) is 5.26 Å². The van der Waals surface area contributed by atoms with Crippen LogP contribution in [0.2, 0.25) is 0 Å². The minimum absolute atomic E-state index is 0.215. The van der Waals surface area contributed by atoms with E-state index in [1.807, 2.05) is 10.8 Å². The third kappa shape index (κ3) is 5.87. The van der Waals surface area contributed by atoms with E-state index >= 15 is 0 Å². The number of hydrogen-bond donors (Lipinski definition) is 2. The van der Waals surface area contributed by atoms with Gasteiger partial charge >= 0.3 is 5.97 Å². The molecule has 0 aliphatic rings. The maximum Gasteiger partial charge on any atom is 0.321 e. The Morgan fingerprint density at radius 1 is 1.14 bits per heavy atom. The van der Waals surface area contributed by atoms with Gasteiger partial charge in [-0.05, 0) is 55.5 Å². The number of hydrogen-bond acceptors (Lipinski definition) is 6. The van der Waals surface area contributed by atoms with E-state index in [9.17, 15) is 22.4 Å². The summed E-state index contributed by atoms with van der Waals surface area (Å²) in [7, 11) is -4.03. The normalized spacial score (nSPS) is 11.9. The number of nitrogens with one attached hydrogen (secondary N) is 2. The van der Waals surface area contributed by atoms with Crippen molar-refractivity contribution in [3.8, 4) is 6.07 Å². The predicted molar refractivity (Wildman–Crippen MR) is 96.9 cm³/mol. The van der Waals surface area contributed by atoms with Crippen molar-refractivity contribution in [2.45, 2.75) is 17.9 Å². The van der Waals surface area contributed by atoms with Crippen molar-refractivity contribution in [2.75, 3.05) is 11.9 Å². The highest BCUT2D eigenvalue weighted by molar-refractivity contribution is 7.89. The van der Waals surface area contributed by atoms with Gasteiger partial charge in [0.15, 0.2) is 6.10 Å². The maximum absolute atomic E-state index is 12.9. The van der Waals surface area contributed by atoms with E-state index in [1.165, 1.54) is 31.2 Å². The van der Waals surface area contributed by atoms with Crippen LogP contribution in [0.25, 0.3) is 0 Å². The zero-order chi connectivity index (χ0) is 20.7. The van der Waals surface area contributed by atoms with E-state index in [-0.39, 0.29) is 4.90 Å². The minimum atomic E-state index is -4.03. The summed E-state index contributed by atoms with van der Waals surface area (Å²) in [5, 5.41) is 11.2. The largest absolute Gasteiger partial charge is 0.452 e. The zero-order valence-electron chi connectivity index (χ0n) is 14.7. The van der Waals surface area contributed by atoms with Gasteiger partial charge in [-0.25, -0.2) is 12.8 Å². The van der Waals surface area contributed by atoms with Crippen molar-refractivity contribution in [1.82, 2.24) is 4.72 Å². The first-order chi connectivity index (χ1) is 13.2. The number of rotatable bonds is 7. The molecule has 1 atom stereocenters. The van der Waals surface area contributed by atoms with Gasteiger partial charge in [-0.1, -0.05) is 0 Å². The van der Waals surface area contributed by atoms with Gasteiger partial charge in [-0.3, -0.25) is 9.59 Å². The quantitative estimate of drug-likeness (QED) is 0.673. The fourth-order valence-corrected chi connectivity index (χ4v) is 2.98. The van der Waals surface area contributed by atoms with Crippen LogP contribution < -0.4 is 10.0 Å². The molecule has 2 rings (SSSR count). The molecule has 0 fully saturated rings. The third-order valence-corrected chi connectivity index (χ3v) is 4.91. The molecular weight excluding hydrogens is 389 g/mol. The molecule has 0 unspecified atom stereocenters. The standard InChI is InChI=1S/C18H16FN3O5S/c1-12(18(24)22-15-6-2-13(10-20)3-7-15)27-17(23)11-21-28(25,26)16-8-4-14(19)5-9-16/h2-9,12,21H,11H2,1H3,(H,22,24)/t12-/m0/s1. The molecule has 0 spiro atoms. The number of ether oxygens (including phenoxy) is 1. The fraction of sp³-hybridized carbons (Fsp3) is 0.167. The van der Waals surface area contributed by atoms with Crippen LogP contribution in [0, 0.1) is 17.1 Å². The van der Waals surface area contributed by atoms with Crippen LogP contribution in [0.4, 0.5) is 10.1 Å². The molecule has 1 amide bonds. The smallest absolute Gasteiger partial charge is 0.321 e. The molecule has 0 bridgehead atoms. The van der Waals surface area contributed by atoms with Crippen LogP contribution in [0.5, 0.6) is 0 Å². The molecule has 2 aromatic carbocycles. The van der Waals surface area contributed by atoms with Gasteiger partial charge in [-0.15, -0.1) is 0 Å². The lowest BCUT2D eigenvalue weighted by molar-refractivity contribution is -0.151. The zero-order valence-corrected chi connectivity index (χ0v) is 15.5. The molecule has 0 aliphatic carbocycles. The Morgan fingerprint density at radius 2 is 1.75 bits per heavy atom. The summed E-state index contributed by atoms with van der Waals surface area (Å²) in [6.07, 6.45) is -1.18. The molecule has 0 aromatic heterocycles. The number of halogens is 1. The predicted octanol–water partition coefficient (Wildman–Crippen LogP) is 1.55. The summed E-state index contributed by atoms with van der Waals surface area (Å²) in [6.45, 7) is 0.625. The van der Waals surface area contributed by atoms with Crippen LogP contribution in [0.1, 0.15) is 12.5 Å². The molecule has 2 aromatic rings. The number of nitriles is 1. The first-order valence-corrected chi connectivity index (χ1v) is 9.45. The Hall–Kier alpha value is -3.29. The molecule has 146 valence electrons. The summed E-state index contributed by atoms with van der Waals surface area (Å²) in [6, 6.07) is 12.0. The Kier molecular flexibility index (Phi) is 6.81. The number of carbonyl (C=O) groups is 2. The van der Waals surface area contributed by atoms with E-state index in [4.69, 9.17) is 10.00 Å². The molecule has 0 saturated carbocycles. The first-order valence-electron chi connectivity index (χ1n) is 7.97. The Bertz CT molecular complexity index is 999. The highest BCUT2D eigenvalue weighted by Gasteiger charge is 2.20. The number of nitrogens with zero attached hydrogens (tertiary/aromatic N) is 1. The van der Waals surface area contributed by atoms with E-state index in [0.29, 0.717) is 11.3 Å². The van der Waals surface area contributed by atoms with E-state index < -0.39 is 40.4 Å². The van der Waals surface area contributed by atoms with E-state index in [2.05, 4.69) is 5.32 Å². The summed E-state index contributed by atoms with van der Waals surface area (Å²) in [4.78, 5) is 23.6. The monoisotopic (exact) mass is 405 g/mol. The second kappa shape index (κ2) is 9.07. The van der Waals surface area contributed by atoms with E-state index in [0.717, 1.165) is 24.3 Å². The molecule has 28 heavy (non-hydrogen) atoms. The molecule has 10 heteroatoms. The summed E-state index contributed by atoms with van der Waals surface area (Å²) >= 11 is 0. The molecule has 0 aliphatic heterocycles. The highest BCUT2D eigenvalue weighted by Crippen LogP contribution is 2.11. The number of anilines is 1. The van der Waals surface area contributed by atoms with Gasteiger partial charge in [0.05, 0.1) is 16.5 Å². The SMILES string of the molecule is C[C@H](OC(=O)CNS(=O)(=O)c1ccc(F)cc1)C(=O)Nc1ccc(C#N)cc1. The molecule has 0 heterocycles. The van der Waals surface area contributed by atoms with Crippen LogP contribution in [0.15, 0.2) is 53.4 Å². The van der Waals surface area contributed by atoms with Gasteiger partial charge in [0, 0.05) is 5.69 Å². The van der Waals surface area contributed by atoms with Gasteiger partial charge in [0.25, 0.3) is 5.91 Å². The number of amides is 1. The van der Waals surface area contributed by atoms with Crippen molar-refractivity contribution >= 4 is 27.6 Å². The van der Waals surface area contributed by atoms with E-state index in [1.54, 1.807) is 0 Å².